The highest BCUT2D eigenvalue weighted by Gasteiger charge is 2.54. The van der Waals surface area contributed by atoms with Crippen molar-refractivity contribution in [2.45, 2.75) is 54.8 Å². The molecule has 4 nitrogen and oxygen atoms in total. The average Bonchev–Trinajstić information content (AvgIpc) is 3.23. The Kier molecular flexibility index (Phi) is 4.65. The predicted molar refractivity (Wildman–Crippen MR) is 122 cm³/mol. The number of nitrogens with zero attached hydrogens (tertiary/aromatic N) is 4. The summed E-state index contributed by atoms with van der Waals surface area (Å²) in [5.41, 5.74) is 3.26. The molecule has 0 aliphatic heterocycles. The first kappa shape index (κ1) is 19.1. The Morgan fingerprint density at radius 2 is 1.55 bits per heavy atom. The van der Waals surface area contributed by atoms with Crippen LogP contribution in [0.1, 0.15) is 55.5 Å². The zero-order valence-corrected chi connectivity index (χ0v) is 18.4. The molecule has 3 aromatic rings. The fraction of sp³-hybridized carbons (Fsp3) is 0.423. The Morgan fingerprint density at radius 3 is 2.16 bits per heavy atom. The number of nitriles is 1. The number of thioether (sulfide) groups is 1. The van der Waals surface area contributed by atoms with Gasteiger partial charge in [0.15, 0.2) is 5.16 Å². The lowest BCUT2D eigenvalue weighted by atomic mass is 9.49. The molecule has 31 heavy (non-hydrogen) atoms. The Bertz CT molecular complexity index is 1090. The molecule has 4 aliphatic carbocycles. The number of aromatic nitrogens is 3. The van der Waals surface area contributed by atoms with Crippen LogP contribution in [0.25, 0.3) is 5.69 Å². The molecule has 4 saturated carbocycles. The van der Waals surface area contributed by atoms with Crippen LogP contribution in [0.3, 0.4) is 0 Å². The van der Waals surface area contributed by atoms with Gasteiger partial charge in [0.25, 0.3) is 0 Å². The predicted octanol–water partition coefficient (Wildman–Crippen LogP) is 5.90. The van der Waals surface area contributed by atoms with Gasteiger partial charge >= 0.3 is 0 Å². The van der Waals surface area contributed by atoms with E-state index in [0.717, 1.165) is 28.7 Å². The Morgan fingerprint density at radius 1 is 0.903 bits per heavy atom. The van der Waals surface area contributed by atoms with E-state index in [1.807, 2.05) is 24.3 Å². The minimum atomic E-state index is 0.199. The van der Waals surface area contributed by atoms with Crippen LogP contribution >= 0.6 is 11.8 Å². The molecule has 4 aliphatic rings. The van der Waals surface area contributed by atoms with Gasteiger partial charge in [0.2, 0.25) is 0 Å². The molecule has 0 N–H and O–H groups in total. The summed E-state index contributed by atoms with van der Waals surface area (Å²) in [6, 6.07) is 20.7. The Hall–Kier alpha value is -2.58. The summed E-state index contributed by atoms with van der Waals surface area (Å²) in [4.78, 5) is 0. The minimum Gasteiger partial charge on any atom is -0.274 e. The van der Waals surface area contributed by atoms with E-state index in [1.54, 1.807) is 11.8 Å². The van der Waals surface area contributed by atoms with Gasteiger partial charge in [-0.2, -0.15) is 5.26 Å². The Labute approximate surface area is 187 Å². The van der Waals surface area contributed by atoms with Crippen LogP contribution in [-0.2, 0) is 11.2 Å². The van der Waals surface area contributed by atoms with Gasteiger partial charge < -0.3 is 0 Å². The van der Waals surface area contributed by atoms with Crippen LogP contribution in [0.15, 0.2) is 59.8 Å². The quantitative estimate of drug-likeness (QED) is 0.477. The van der Waals surface area contributed by atoms with Gasteiger partial charge in [-0.1, -0.05) is 42.1 Å². The van der Waals surface area contributed by atoms with Crippen molar-refractivity contribution in [1.29, 1.82) is 5.26 Å². The van der Waals surface area contributed by atoms with Crippen LogP contribution < -0.4 is 0 Å². The first-order valence-electron chi connectivity index (χ1n) is 11.4. The van der Waals surface area contributed by atoms with Crippen molar-refractivity contribution < 1.29 is 0 Å². The lowest BCUT2D eigenvalue weighted by Gasteiger charge is -2.56. The van der Waals surface area contributed by atoms with E-state index >= 15 is 0 Å². The van der Waals surface area contributed by atoms with E-state index in [1.165, 1.54) is 55.6 Å². The van der Waals surface area contributed by atoms with Crippen molar-refractivity contribution >= 4 is 11.8 Å². The van der Waals surface area contributed by atoms with Crippen molar-refractivity contribution in [3.05, 3.63) is 71.5 Å². The summed E-state index contributed by atoms with van der Waals surface area (Å²) in [7, 11) is 0. The molecule has 2 aromatic carbocycles. The maximum Gasteiger partial charge on any atom is 0.196 e. The number of para-hydroxylation sites is 1. The molecule has 0 spiro atoms. The molecule has 1 aromatic heterocycles. The van der Waals surface area contributed by atoms with E-state index in [2.05, 4.69) is 41.0 Å². The van der Waals surface area contributed by atoms with Gasteiger partial charge in [-0.05, 0) is 86.1 Å². The number of hydrogen-bond acceptors (Lipinski definition) is 4. The molecule has 5 heteroatoms. The molecule has 0 radical (unpaired) electrons. The monoisotopic (exact) mass is 426 g/mol. The van der Waals surface area contributed by atoms with Crippen LogP contribution in [0.2, 0.25) is 0 Å². The third kappa shape index (κ3) is 3.38. The minimum absolute atomic E-state index is 0.199. The largest absolute Gasteiger partial charge is 0.274 e. The summed E-state index contributed by atoms with van der Waals surface area (Å²) in [6.07, 6.45) is 8.13. The number of hydrogen-bond donors (Lipinski definition) is 0. The van der Waals surface area contributed by atoms with Gasteiger partial charge in [-0.15, -0.1) is 10.2 Å². The summed E-state index contributed by atoms with van der Waals surface area (Å²) in [5, 5.41) is 19.6. The van der Waals surface area contributed by atoms with Crippen molar-refractivity contribution in [1.82, 2.24) is 14.8 Å². The zero-order chi connectivity index (χ0) is 20.8. The molecule has 1 heterocycles. The van der Waals surface area contributed by atoms with E-state index in [-0.39, 0.29) is 5.41 Å². The highest BCUT2D eigenvalue weighted by molar-refractivity contribution is 7.98. The molecule has 0 amide bonds. The number of benzene rings is 2. The van der Waals surface area contributed by atoms with Gasteiger partial charge in [0, 0.05) is 16.9 Å². The zero-order valence-electron chi connectivity index (χ0n) is 17.6. The molecule has 0 saturated heterocycles. The molecule has 156 valence electrons. The first-order valence-corrected chi connectivity index (χ1v) is 12.3. The van der Waals surface area contributed by atoms with Crippen LogP contribution in [-0.4, -0.2) is 14.8 Å². The van der Waals surface area contributed by atoms with Crippen molar-refractivity contribution in [3.63, 3.8) is 0 Å². The molecule has 4 bridgehead atoms. The number of rotatable bonds is 5. The molecule has 0 unspecified atom stereocenters. The van der Waals surface area contributed by atoms with E-state index in [4.69, 9.17) is 15.5 Å². The van der Waals surface area contributed by atoms with Gasteiger partial charge in [0.05, 0.1) is 11.6 Å². The highest BCUT2D eigenvalue weighted by atomic mass is 32.2. The smallest absolute Gasteiger partial charge is 0.196 e. The third-order valence-electron chi connectivity index (χ3n) is 7.61. The van der Waals surface area contributed by atoms with Gasteiger partial charge in [-0.25, -0.2) is 0 Å². The topological polar surface area (TPSA) is 54.5 Å². The maximum atomic E-state index is 9.04. The third-order valence-corrected chi connectivity index (χ3v) is 8.61. The van der Waals surface area contributed by atoms with Crippen molar-refractivity contribution in [2.24, 2.45) is 17.8 Å². The maximum absolute atomic E-state index is 9.04. The molecular weight excluding hydrogens is 400 g/mol. The average molecular weight is 427 g/mol. The molecule has 0 atom stereocenters. The normalized spacial score (nSPS) is 28.5. The summed E-state index contributed by atoms with van der Waals surface area (Å²) in [6.45, 7) is 0. The van der Waals surface area contributed by atoms with Gasteiger partial charge in [-0.3, -0.25) is 4.57 Å². The fourth-order valence-electron chi connectivity index (χ4n) is 6.72. The van der Waals surface area contributed by atoms with E-state index in [9.17, 15) is 0 Å². The molecule has 7 rings (SSSR count). The van der Waals surface area contributed by atoms with Crippen molar-refractivity contribution in [2.75, 3.05) is 0 Å². The lowest BCUT2D eigenvalue weighted by molar-refractivity contribution is -0.0103. The van der Waals surface area contributed by atoms with Gasteiger partial charge in [0.1, 0.15) is 5.82 Å². The second-order valence-electron chi connectivity index (χ2n) is 9.77. The second kappa shape index (κ2) is 7.53. The van der Waals surface area contributed by atoms with Crippen molar-refractivity contribution in [3.8, 4) is 11.8 Å². The summed E-state index contributed by atoms with van der Waals surface area (Å²) >= 11 is 1.74. The summed E-state index contributed by atoms with van der Waals surface area (Å²) in [5.74, 6) is 4.64. The Balaban J connectivity index is 1.36. The standard InChI is InChI=1S/C26H26N4S/c27-16-18-6-8-19(9-7-18)17-31-25-29-28-24(30(25)23-4-2-1-3-5-23)26-13-20-10-21(14-26)12-22(11-20)15-26/h1-9,20-22H,10-15,17H2. The van der Waals surface area contributed by atoms with Crippen LogP contribution in [0.4, 0.5) is 0 Å². The molecular formula is C26H26N4S. The van der Waals surface area contributed by atoms with Crippen LogP contribution in [0.5, 0.6) is 0 Å². The van der Waals surface area contributed by atoms with E-state index < -0.39 is 0 Å². The fourth-order valence-corrected chi connectivity index (χ4v) is 7.63. The highest BCUT2D eigenvalue weighted by Crippen LogP contribution is 2.60. The second-order valence-corrected chi connectivity index (χ2v) is 10.7. The summed E-state index contributed by atoms with van der Waals surface area (Å²) < 4.78 is 2.35. The van der Waals surface area contributed by atoms with Crippen LogP contribution in [0, 0.1) is 29.1 Å². The lowest BCUT2D eigenvalue weighted by Crippen LogP contribution is -2.49. The molecule has 4 fully saturated rings. The van der Waals surface area contributed by atoms with E-state index in [0.29, 0.717) is 5.56 Å². The SMILES string of the molecule is N#Cc1ccc(CSc2nnc(C34CC5CC(CC(C5)C3)C4)n2-c2ccccc2)cc1. The first-order chi connectivity index (χ1) is 15.2.